The summed E-state index contributed by atoms with van der Waals surface area (Å²) in [6.45, 7) is 1.18. The number of aromatic nitrogens is 4. The Morgan fingerprint density at radius 2 is 1.06 bits per heavy atom. The van der Waals surface area contributed by atoms with Crippen LogP contribution in [0.3, 0.4) is 0 Å². The van der Waals surface area contributed by atoms with Gasteiger partial charge in [0, 0.05) is 71.6 Å². The maximum absolute atomic E-state index is 13.5. The number of amides is 4. The van der Waals surface area contributed by atoms with Crippen LogP contribution in [0, 0.1) is 24.7 Å². The topological polar surface area (TPSA) is 159 Å². The summed E-state index contributed by atoms with van der Waals surface area (Å²) < 4.78 is 11.2. The number of urea groups is 2. The third-order valence-electron chi connectivity index (χ3n) is 8.83. The summed E-state index contributed by atoms with van der Waals surface area (Å²) in [5.74, 6) is 7.18. The molecule has 7 rings (SSSR count). The van der Waals surface area contributed by atoms with Crippen molar-refractivity contribution in [2.24, 2.45) is 0 Å². The highest BCUT2D eigenvalue weighted by molar-refractivity contribution is 6.01. The van der Waals surface area contributed by atoms with Crippen molar-refractivity contribution in [3.8, 4) is 36.2 Å². The van der Waals surface area contributed by atoms with Crippen molar-refractivity contribution >= 4 is 68.3 Å². The summed E-state index contributed by atoms with van der Waals surface area (Å²) >= 11 is 0. The first-order valence-corrected chi connectivity index (χ1v) is 16.8. The molecule has 4 amide bonds. The molecule has 6 aromatic rings. The van der Waals surface area contributed by atoms with Gasteiger partial charge in [-0.05, 0) is 48.5 Å². The third-order valence-corrected chi connectivity index (χ3v) is 8.83. The lowest BCUT2D eigenvalue weighted by molar-refractivity contribution is 0.156. The van der Waals surface area contributed by atoms with E-state index in [4.69, 9.17) is 22.3 Å². The predicted molar refractivity (Wildman–Crippen MR) is 209 cm³/mol. The molecule has 1 aliphatic heterocycles. The Hall–Kier alpha value is -7.58. The molecule has 2 aromatic heterocycles. The van der Waals surface area contributed by atoms with Crippen molar-refractivity contribution in [3.63, 3.8) is 0 Å². The molecular weight excluding hydrogens is 685 g/mol. The number of hydrogen-bond donors (Lipinski definition) is 4. The molecule has 3 heterocycles. The number of hydrogen-bond acceptors (Lipinski definition) is 10. The lowest BCUT2D eigenvalue weighted by Crippen LogP contribution is -2.52. The molecule has 0 aliphatic carbocycles. The van der Waals surface area contributed by atoms with Crippen molar-refractivity contribution < 1.29 is 19.1 Å². The number of nitrogens with zero attached hydrogens (tertiary/aromatic N) is 6. The molecular formula is C40H34N10O4. The van der Waals surface area contributed by atoms with E-state index in [1.165, 1.54) is 26.9 Å². The molecule has 1 aliphatic rings. The van der Waals surface area contributed by atoms with E-state index in [2.05, 4.69) is 53.0 Å². The van der Waals surface area contributed by atoms with Gasteiger partial charge in [-0.2, -0.15) is 0 Å². The van der Waals surface area contributed by atoms with Gasteiger partial charge in [0.05, 0.1) is 36.6 Å². The van der Waals surface area contributed by atoms with Crippen molar-refractivity contribution in [1.29, 1.82) is 0 Å². The third kappa shape index (κ3) is 7.39. The monoisotopic (exact) mass is 718 g/mol. The predicted octanol–water partition coefficient (Wildman–Crippen LogP) is 6.42. The van der Waals surface area contributed by atoms with Crippen LogP contribution in [0.1, 0.15) is 11.1 Å². The minimum Gasteiger partial charge on any atom is -0.494 e. The van der Waals surface area contributed by atoms with Gasteiger partial charge in [0.1, 0.15) is 35.8 Å². The quantitative estimate of drug-likeness (QED) is 0.129. The van der Waals surface area contributed by atoms with Gasteiger partial charge >= 0.3 is 12.1 Å². The standard InChI is InChI=1S/C40H34N10O4/c1-5-25-9-7-11-27(17-25)45-37-29-19-33(35(53-3)21-31(29)41-23-43-37)47-39(51)49-13-15-50(16-14-49)40(52)48-34-20-30-32(22-36(34)54-4)42-24-44-38(30)46-28-12-8-10-26(6-2)18-28/h1-2,7-12,17-24H,13-16H2,3-4H3,(H,47,51)(H,48,52)(H,41,43,45)(H,42,44,46). The summed E-state index contributed by atoms with van der Waals surface area (Å²) in [6, 6.07) is 21.1. The first-order valence-electron chi connectivity index (χ1n) is 16.8. The summed E-state index contributed by atoms with van der Waals surface area (Å²) in [7, 11) is 3.04. The summed E-state index contributed by atoms with van der Waals surface area (Å²) in [4.78, 5) is 48.0. The maximum Gasteiger partial charge on any atom is 0.322 e. The van der Waals surface area contributed by atoms with Gasteiger partial charge in [-0.3, -0.25) is 0 Å². The zero-order chi connectivity index (χ0) is 37.6. The molecule has 0 spiro atoms. The highest BCUT2D eigenvalue weighted by Gasteiger charge is 2.26. The number of piperazine rings is 1. The normalized spacial score (nSPS) is 12.4. The van der Waals surface area contributed by atoms with E-state index in [9.17, 15) is 9.59 Å². The second-order valence-corrected chi connectivity index (χ2v) is 12.1. The van der Waals surface area contributed by atoms with Gasteiger partial charge in [0.25, 0.3) is 0 Å². The molecule has 54 heavy (non-hydrogen) atoms. The molecule has 0 bridgehead atoms. The van der Waals surface area contributed by atoms with Crippen molar-refractivity contribution in [1.82, 2.24) is 29.7 Å². The molecule has 268 valence electrons. The number of carbonyl (C=O) groups is 2. The number of fused-ring (bicyclic) bond motifs is 2. The lowest BCUT2D eigenvalue weighted by atomic mass is 10.1. The second kappa shape index (κ2) is 15.3. The Balaban J connectivity index is 1.03. The van der Waals surface area contributed by atoms with E-state index in [1.54, 1.807) is 34.1 Å². The van der Waals surface area contributed by atoms with Gasteiger partial charge < -0.3 is 40.5 Å². The molecule has 1 saturated heterocycles. The van der Waals surface area contributed by atoms with Gasteiger partial charge in [-0.15, -0.1) is 12.8 Å². The van der Waals surface area contributed by atoms with Gasteiger partial charge in [0.15, 0.2) is 0 Å². The van der Waals surface area contributed by atoms with Crippen LogP contribution in [-0.4, -0.2) is 82.2 Å². The lowest BCUT2D eigenvalue weighted by Gasteiger charge is -2.34. The smallest absolute Gasteiger partial charge is 0.322 e. The van der Waals surface area contributed by atoms with E-state index < -0.39 is 0 Å². The van der Waals surface area contributed by atoms with Crippen molar-refractivity contribution in [3.05, 3.63) is 96.6 Å². The highest BCUT2D eigenvalue weighted by atomic mass is 16.5. The zero-order valence-corrected chi connectivity index (χ0v) is 29.4. The molecule has 0 radical (unpaired) electrons. The minimum absolute atomic E-state index is 0.296. The van der Waals surface area contributed by atoms with E-state index in [0.717, 1.165) is 22.5 Å². The Bertz CT molecular complexity index is 2310. The molecule has 4 aromatic carbocycles. The fourth-order valence-corrected chi connectivity index (χ4v) is 6.05. The second-order valence-electron chi connectivity index (χ2n) is 12.1. The van der Waals surface area contributed by atoms with Crippen LogP contribution in [0.15, 0.2) is 85.5 Å². The Morgan fingerprint density at radius 1 is 0.630 bits per heavy atom. The van der Waals surface area contributed by atoms with E-state index in [0.29, 0.717) is 82.5 Å². The number of carbonyl (C=O) groups excluding carboxylic acids is 2. The average molecular weight is 719 g/mol. The average Bonchev–Trinajstić information content (AvgIpc) is 3.21. The van der Waals surface area contributed by atoms with Gasteiger partial charge in [-0.1, -0.05) is 24.0 Å². The summed E-state index contributed by atoms with van der Waals surface area (Å²) in [5.41, 5.74) is 5.07. The number of rotatable bonds is 8. The van der Waals surface area contributed by atoms with Gasteiger partial charge in [0.2, 0.25) is 0 Å². The zero-order valence-electron chi connectivity index (χ0n) is 29.4. The molecule has 0 saturated carbocycles. The molecule has 1 fully saturated rings. The van der Waals surface area contributed by atoms with Crippen LogP contribution < -0.4 is 30.7 Å². The van der Waals surface area contributed by atoms with Crippen LogP contribution in [-0.2, 0) is 0 Å². The first-order chi connectivity index (χ1) is 26.3. The molecule has 0 atom stereocenters. The molecule has 14 nitrogen and oxygen atoms in total. The van der Waals surface area contributed by atoms with Crippen LogP contribution in [0.25, 0.3) is 21.8 Å². The summed E-state index contributed by atoms with van der Waals surface area (Å²) in [6.07, 6.45) is 14.0. The van der Waals surface area contributed by atoms with E-state index in [1.807, 2.05) is 48.5 Å². The van der Waals surface area contributed by atoms with Crippen molar-refractivity contribution in [2.75, 3.05) is 61.7 Å². The van der Waals surface area contributed by atoms with Crippen LogP contribution in [0.2, 0.25) is 0 Å². The number of anilines is 6. The number of terminal acetylenes is 2. The maximum atomic E-state index is 13.5. The number of benzene rings is 4. The summed E-state index contributed by atoms with van der Waals surface area (Å²) in [5, 5.41) is 13.8. The number of ether oxygens (including phenoxy) is 2. The number of nitrogens with one attached hydrogen (secondary N) is 4. The molecule has 4 N–H and O–H groups in total. The largest absolute Gasteiger partial charge is 0.494 e. The van der Waals surface area contributed by atoms with Crippen LogP contribution in [0.5, 0.6) is 11.5 Å². The first kappa shape index (κ1) is 34.9. The van der Waals surface area contributed by atoms with Crippen molar-refractivity contribution in [2.45, 2.75) is 0 Å². The van der Waals surface area contributed by atoms with Crippen LogP contribution in [0.4, 0.5) is 44.0 Å². The minimum atomic E-state index is -0.343. The fraction of sp³-hybridized carbons (Fsp3) is 0.150. The Labute approximate surface area is 310 Å². The Kier molecular flexibility index (Phi) is 9.90. The SMILES string of the molecule is C#Cc1cccc(Nc2ncnc3cc(OC)c(NC(=O)N4CCN(C(=O)Nc5cc6c(Nc7cccc(C#C)c7)ncnc6cc5OC)CC4)cc23)c1. The number of methoxy groups -OCH3 is 2. The van der Waals surface area contributed by atoms with Crippen LogP contribution >= 0.6 is 0 Å². The highest BCUT2D eigenvalue weighted by Crippen LogP contribution is 2.35. The van der Waals surface area contributed by atoms with E-state index in [-0.39, 0.29) is 12.1 Å². The fourth-order valence-electron chi connectivity index (χ4n) is 6.05. The van der Waals surface area contributed by atoms with E-state index >= 15 is 0 Å². The molecule has 0 unspecified atom stereocenters. The Morgan fingerprint density at radius 3 is 1.44 bits per heavy atom. The molecule has 14 heteroatoms. The van der Waals surface area contributed by atoms with Gasteiger partial charge in [-0.25, -0.2) is 29.5 Å².